The van der Waals surface area contributed by atoms with E-state index in [4.69, 9.17) is 4.74 Å². The van der Waals surface area contributed by atoms with Crippen LogP contribution in [-0.2, 0) is 19.4 Å². The molecule has 2 aliphatic rings. The number of nitrogens with zero attached hydrogens (tertiary/aromatic N) is 1. The number of methoxy groups -OCH3 is 1. The predicted octanol–water partition coefficient (Wildman–Crippen LogP) is 2.30. The standard InChI is InChI=1S/C21H19NO7S2/c1-29-21(26)13-6-4-12(5-7-13)17-16(18(23)15-3-2-9-30-15)19(24)20(25)22(17)14-8-10-31(27,28)11-14/h2-7,9,14,17,24H,8,10-11H2,1H3/t14-,17+/m1/s1. The molecule has 0 spiro atoms. The van der Waals surface area contributed by atoms with Crippen molar-refractivity contribution in [2.45, 2.75) is 18.5 Å². The molecular weight excluding hydrogens is 442 g/mol. The minimum Gasteiger partial charge on any atom is -0.503 e. The number of aliphatic hydroxyl groups excluding tert-OH is 1. The molecule has 1 amide bonds. The van der Waals surface area contributed by atoms with Crippen LogP contribution in [0.1, 0.15) is 38.1 Å². The highest BCUT2D eigenvalue weighted by Crippen LogP contribution is 2.42. The SMILES string of the molecule is COC(=O)c1ccc([C@H]2C(C(=O)c3cccs3)=C(O)C(=O)N2[C@@H]2CCS(=O)(=O)C2)cc1. The monoisotopic (exact) mass is 461 g/mol. The van der Waals surface area contributed by atoms with Crippen LogP contribution < -0.4 is 0 Å². The lowest BCUT2D eigenvalue weighted by molar-refractivity contribution is -0.131. The van der Waals surface area contributed by atoms with Gasteiger partial charge in [0.1, 0.15) is 0 Å². The number of sulfone groups is 1. The number of esters is 1. The van der Waals surface area contributed by atoms with Gasteiger partial charge < -0.3 is 14.7 Å². The number of benzene rings is 1. The Morgan fingerprint density at radius 2 is 1.90 bits per heavy atom. The van der Waals surface area contributed by atoms with Crippen molar-refractivity contribution < 1.29 is 32.6 Å². The van der Waals surface area contributed by atoms with Gasteiger partial charge in [-0.15, -0.1) is 11.3 Å². The van der Waals surface area contributed by atoms with E-state index in [1.807, 2.05) is 0 Å². The van der Waals surface area contributed by atoms with Crippen molar-refractivity contribution in [2.24, 2.45) is 0 Å². The van der Waals surface area contributed by atoms with Gasteiger partial charge in [-0.25, -0.2) is 13.2 Å². The zero-order chi connectivity index (χ0) is 22.3. The highest BCUT2D eigenvalue weighted by molar-refractivity contribution is 7.91. The van der Waals surface area contributed by atoms with Gasteiger partial charge in [0.2, 0.25) is 5.78 Å². The first-order valence-electron chi connectivity index (χ1n) is 9.46. The molecular formula is C21H19NO7S2. The maximum atomic E-state index is 13.2. The molecule has 1 fully saturated rings. The van der Waals surface area contributed by atoms with Gasteiger partial charge in [-0.1, -0.05) is 18.2 Å². The van der Waals surface area contributed by atoms with Crippen LogP contribution in [0, 0.1) is 0 Å². The van der Waals surface area contributed by atoms with Gasteiger partial charge in [-0.3, -0.25) is 9.59 Å². The molecule has 4 rings (SSSR count). The summed E-state index contributed by atoms with van der Waals surface area (Å²) in [6.07, 6.45) is 0.221. The summed E-state index contributed by atoms with van der Waals surface area (Å²) < 4.78 is 28.8. The summed E-state index contributed by atoms with van der Waals surface area (Å²) in [4.78, 5) is 39.6. The highest BCUT2D eigenvalue weighted by atomic mass is 32.2. The van der Waals surface area contributed by atoms with Gasteiger partial charge >= 0.3 is 5.97 Å². The molecule has 2 atom stereocenters. The van der Waals surface area contributed by atoms with E-state index in [1.165, 1.54) is 35.5 Å². The van der Waals surface area contributed by atoms with Crippen LogP contribution in [0.4, 0.5) is 0 Å². The van der Waals surface area contributed by atoms with Gasteiger partial charge in [-0.05, 0) is 35.6 Å². The Bertz CT molecular complexity index is 1180. The smallest absolute Gasteiger partial charge is 0.337 e. The maximum absolute atomic E-state index is 13.2. The van der Waals surface area contributed by atoms with Crippen LogP contribution in [0.3, 0.4) is 0 Å². The molecule has 1 saturated heterocycles. The summed E-state index contributed by atoms with van der Waals surface area (Å²) in [5.41, 5.74) is 0.668. The second kappa shape index (κ2) is 7.93. The van der Waals surface area contributed by atoms with E-state index < -0.39 is 45.3 Å². The zero-order valence-corrected chi connectivity index (χ0v) is 18.1. The van der Waals surface area contributed by atoms with E-state index >= 15 is 0 Å². The summed E-state index contributed by atoms with van der Waals surface area (Å²) in [7, 11) is -2.06. The third-order valence-corrected chi connectivity index (χ3v) is 8.10. The number of Topliss-reactive ketones (excluding diaryl/α,β-unsaturated/α-hetero) is 1. The lowest BCUT2D eigenvalue weighted by atomic mass is 9.94. The Morgan fingerprint density at radius 3 is 2.45 bits per heavy atom. The number of thiophene rings is 1. The molecule has 0 unspecified atom stereocenters. The van der Waals surface area contributed by atoms with E-state index in [2.05, 4.69) is 0 Å². The van der Waals surface area contributed by atoms with Crippen molar-refractivity contribution in [2.75, 3.05) is 18.6 Å². The number of carbonyl (C=O) groups excluding carboxylic acids is 3. The minimum absolute atomic E-state index is 0.0651. The molecule has 2 aromatic rings. The molecule has 162 valence electrons. The summed E-state index contributed by atoms with van der Waals surface area (Å²) in [6, 6.07) is 7.79. The topological polar surface area (TPSA) is 118 Å². The second-order valence-corrected chi connectivity index (χ2v) is 10.5. The summed E-state index contributed by atoms with van der Waals surface area (Å²) in [5, 5.41) is 12.4. The number of carbonyl (C=O) groups is 3. The van der Waals surface area contributed by atoms with Crippen molar-refractivity contribution >= 4 is 38.8 Å². The van der Waals surface area contributed by atoms with Crippen LogP contribution >= 0.6 is 11.3 Å². The van der Waals surface area contributed by atoms with Gasteiger partial charge in [0.05, 0.1) is 40.7 Å². The molecule has 0 aliphatic carbocycles. The molecule has 0 saturated carbocycles. The van der Waals surface area contributed by atoms with Gasteiger partial charge in [0.15, 0.2) is 15.6 Å². The number of rotatable bonds is 5. The van der Waals surface area contributed by atoms with E-state index in [0.717, 1.165) is 0 Å². The van der Waals surface area contributed by atoms with E-state index in [0.29, 0.717) is 10.4 Å². The van der Waals surface area contributed by atoms with Crippen LogP contribution in [0.2, 0.25) is 0 Å². The Morgan fingerprint density at radius 1 is 1.19 bits per heavy atom. The molecule has 31 heavy (non-hydrogen) atoms. The van der Waals surface area contributed by atoms with Gasteiger partial charge in [-0.2, -0.15) is 0 Å². The van der Waals surface area contributed by atoms with Crippen molar-refractivity contribution in [1.82, 2.24) is 4.90 Å². The van der Waals surface area contributed by atoms with E-state index in [9.17, 15) is 27.9 Å². The lowest BCUT2D eigenvalue weighted by Crippen LogP contribution is -2.41. The fourth-order valence-electron chi connectivity index (χ4n) is 4.01. The summed E-state index contributed by atoms with van der Waals surface area (Å²) >= 11 is 1.18. The van der Waals surface area contributed by atoms with Crippen LogP contribution in [0.5, 0.6) is 0 Å². The number of ether oxygens (including phenoxy) is 1. The first-order valence-corrected chi connectivity index (χ1v) is 12.2. The predicted molar refractivity (Wildman–Crippen MR) is 113 cm³/mol. The number of aliphatic hydroxyl groups is 1. The maximum Gasteiger partial charge on any atom is 0.337 e. The average Bonchev–Trinajstić information content (AvgIpc) is 3.47. The van der Waals surface area contributed by atoms with Gasteiger partial charge in [0.25, 0.3) is 5.91 Å². The highest BCUT2D eigenvalue weighted by Gasteiger charge is 2.49. The molecule has 1 aromatic carbocycles. The molecule has 8 nitrogen and oxygen atoms in total. The normalized spacial score (nSPS) is 22.7. The fraction of sp³-hybridized carbons (Fsp3) is 0.286. The Kier molecular flexibility index (Phi) is 5.44. The molecule has 1 aromatic heterocycles. The molecule has 1 N–H and O–H groups in total. The van der Waals surface area contributed by atoms with Crippen LogP contribution in [-0.4, -0.2) is 60.7 Å². The van der Waals surface area contributed by atoms with E-state index in [1.54, 1.807) is 29.6 Å². The average molecular weight is 462 g/mol. The third-order valence-electron chi connectivity index (χ3n) is 5.48. The largest absolute Gasteiger partial charge is 0.503 e. The van der Waals surface area contributed by atoms with E-state index in [-0.39, 0.29) is 29.1 Å². The molecule has 10 heteroatoms. The first kappa shape index (κ1) is 21.3. The number of hydrogen-bond acceptors (Lipinski definition) is 8. The third kappa shape index (κ3) is 3.77. The Balaban J connectivity index is 1.80. The Labute approximate surface area is 182 Å². The number of ketones is 1. The molecule has 0 radical (unpaired) electrons. The van der Waals surface area contributed by atoms with Crippen molar-refractivity contribution in [3.8, 4) is 0 Å². The first-order chi connectivity index (χ1) is 14.7. The fourth-order valence-corrected chi connectivity index (χ4v) is 6.40. The van der Waals surface area contributed by atoms with Crippen molar-refractivity contribution in [3.05, 3.63) is 69.1 Å². The van der Waals surface area contributed by atoms with Crippen molar-refractivity contribution in [3.63, 3.8) is 0 Å². The molecule has 3 heterocycles. The lowest BCUT2D eigenvalue weighted by Gasteiger charge is -2.31. The second-order valence-electron chi connectivity index (χ2n) is 7.35. The number of amides is 1. The van der Waals surface area contributed by atoms with Crippen LogP contribution in [0.15, 0.2) is 53.1 Å². The number of hydrogen-bond donors (Lipinski definition) is 1. The molecule has 2 aliphatic heterocycles. The van der Waals surface area contributed by atoms with Crippen molar-refractivity contribution in [1.29, 1.82) is 0 Å². The van der Waals surface area contributed by atoms with Crippen LogP contribution in [0.25, 0.3) is 0 Å². The summed E-state index contributed by atoms with van der Waals surface area (Å²) in [6.45, 7) is 0. The molecule has 0 bridgehead atoms. The Hall–Kier alpha value is -2.98. The summed E-state index contributed by atoms with van der Waals surface area (Å²) in [5.74, 6) is -2.78. The quantitative estimate of drug-likeness (QED) is 0.536. The van der Waals surface area contributed by atoms with Gasteiger partial charge in [0, 0.05) is 6.04 Å². The zero-order valence-electron chi connectivity index (χ0n) is 16.5. The minimum atomic E-state index is -3.32.